The standard InChI is InChI=1S/C15H19F2NO5/c1-15(2,3)23-14(21)18-10(13(19)20)7-8-5-6-9(16)12(22-4)11(8)17/h5-6,10H,7H2,1-4H3,(H,18,21)(H,19,20). The summed E-state index contributed by atoms with van der Waals surface area (Å²) in [4.78, 5) is 22.9. The molecule has 2 N–H and O–H groups in total. The Bertz CT molecular complexity index is 598. The van der Waals surface area contributed by atoms with Crippen molar-refractivity contribution in [1.82, 2.24) is 5.32 Å². The molecule has 0 aliphatic rings. The van der Waals surface area contributed by atoms with Gasteiger partial charge in [0.05, 0.1) is 7.11 Å². The van der Waals surface area contributed by atoms with Crippen LogP contribution in [0.5, 0.6) is 5.75 Å². The van der Waals surface area contributed by atoms with Crippen molar-refractivity contribution < 1.29 is 33.0 Å². The van der Waals surface area contributed by atoms with E-state index in [1.54, 1.807) is 20.8 Å². The Balaban J connectivity index is 2.93. The summed E-state index contributed by atoms with van der Waals surface area (Å²) in [5.41, 5.74) is -0.913. The Kier molecular flexibility index (Phi) is 5.89. The molecule has 0 aliphatic carbocycles. The molecular weight excluding hydrogens is 312 g/mol. The van der Waals surface area contributed by atoms with Crippen LogP contribution in [0.1, 0.15) is 26.3 Å². The largest absolute Gasteiger partial charge is 0.491 e. The summed E-state index contributed by atoms with van der Waals surface area (Å²) in [6.45, 7) is 4.85. The van der Waals surface area contributed by atoms with E-state index in [9.17, 15) is 18.4 Å². The number of halogens is 2. The fourth-order valence-corrected chi connectivity index (χ4v) is 1.79. The van der Waals surface area contributed by atoms with Gasteiger partial charge in [-0.25, -0.2) is 18.4 Å². The summed E-state index contributed by atoms with van der Waals surface area (Å²) < 4.78 is 37.0. The molecule has 0 radical (unpaired) electrons. The number of hydrogen-bond donors (Lipinski definition) is 2. The molecule has 1 rings (SSSR count). The predicted octanol–water partition coefficient (Wildman–Crippen LogP) is 2.49. The van der Waals surface area contributed by atoms with Gasteiger partial charge >= 0.3 is 12.1 Å². The lowest BCUT2D eigenvalue weighted by molar-refractivity contribution is -0.139. The number of alkyl carbamates (subject to hydrolysis) is 1. The zero-order valence-corrected chi connectivity index (χ0v) is 13.3. The van der Waals surface area contributed by atoms with Crippen molar-refractivity contribution >= 4 is 12.1 Å². The molecule has 1 atom stereocenters. The van der Waals surface area contributed by atoms with Gasteiger partial charge in [-0.2, -0.15) is 0 Å². The smallest absolute Gasteiger partial charge is 0.408 e. The summed E-state index contributed by atoms with van der Waals surface area (Å²) in [5, 5.41) is 11.3. The highest BCUT2D eigenvalue weighted by Gasteiger charge is 2.26. The molecule has 8 heteroatoms. The van der Waals surface area contributed by atoms with Crippen LogP contribution in [0.2, 0.25) is 0 Å². The number of benzene rings is 1. The summed E-state index contributed by atoms with van der Waals surface area (Å²) >= 11 is 0. The van der Waals surface area contributed by atoms with E-state index in [0.29, 0.717) is 0 Å². The Morgan fingerprint density at radius 2 is 1.91 bits per heavy atom. The van der Waals surface area contributed by atoms with E-state index >= 15 is 0 Å². The SMILES string of the molecule is COc1c(F)ccc(CC(NC(=O)OC(C)(C)C)C(=O)O)c1F. The zero-order valence-electron chi connectivity index (χ0n) is 13.3. The van der Waals surface area contributed by atoms with E-state index in [1.807, 2.05) is 0 Å². The molecule has 0 aliphatic heterocycles. The zero-order chi connectivity index (χ0) is 17.8. The second-order valence-electron chi connectivity index (χ2n) is 5.79. The number of carbonyl (C=O) groups excluding carboxylic acids is 1. The average molecular weight is 331 g/mol. The lowest BCUT2D eigenvalue weighted by Crippen LogP contribution is -2.44. The minimum atomic E-state index is -1.44. The molecular formula is C15H19F2NO5. The van der Waals surface area contributed by atoms with Crippen LogP contribution in [0.4, 0.5) is 13.6 Å². The number of ether oxygens (including phenoxy) is 2. The summed E-state index contributed by atoms with van der Waals surface area (Å²) in [6.07, 6.45) is -1.34. The lowest BCUT2D eigenvalue weighted by Gasteiger charge is -2.22. The fourth-order valence-electron chi connectivity index (χ4n) is 1.79. The molecule has 6 nitrogen and oxygen atoms in total. The number of aliphatic carboxylic acids is 1. The molecule has 0 saturated heterocycles. The average Bonchev–Trinajstić information content (AvgIpc) is 2.39. The molecule has 128 valence electrons. The van der Waals surface area contributed by atoms with Crippen LogP contribution < -0.4 is 10.1 Å². The van der Waals surface area contributed by atoms with E-state index in [2.05, 4.69) is 10.1 Å². The van der Waals surface area contributed by atoms with Crippen LogP contribution in [-0.4, -0.2) is 35.9 Å². The third-order valence-corrected chi connectivity index (χ3v) is 2.75. The fraction of sp³-hybridized carbons (Fsp3) is 0.467. The van der Waals surface area contributed by atoms with Gasteiger partial charge in [0, 0.05) is 6.42 Å². The number of hydrogen-bond acceptors (Lipinski definition) is 4. The predicted molar refractivity (Wildman–Crippen MR) is 77.4 cm³/mol. The van der Waals surface area contributed by atoms with Gasteiger partial charge in [-0.15, -0.1) is 0 Å². The number of carbonyl (C=O) groups is 2. The molecule has 1 amide bonds. The van der Waals surface area contributed by atoms with Crippen molar-refractivity contribution in [3.8, 4) is 5.75 Å². The van der Waals surface area contributed by atoms with E-state index in [1.165, 1.54) is 0 Å². The summed E-state index contributed by atoms with van der Waals surface area (Å²) in [7, 11) is 1.10. The highest BCUT2D eigenvalue weighted by Crippen LogP contribution is 2.25. The minimum Gasteiger partial charge on any atom is -0.491 e. The number of nitrogens with one attached hydrogen (secondary N) is 1. The van der Waals surface area contributed by atoms with Crippen LogP contribution in [0.25, 0.3) is 0 Å². The summed E-state index contributed by atoms with van der Waals surface area (Å²) in [5.74, 6) is -3.90. The Morgan fingerprint density at radius 3 is 2.39 bits per heavy atom. The van der Waals surface area contributed by atoms with Crippen molar-refractivity contribution in [2.24, 2.45) is 0 Å². The van der Waals surface area contributed by atoms with Gasteiger partial charge in [0.1, 0.15) is 11.6 Å². The molecule has 0 bridgehead atoms. The van der Waals surface area contributed by atoms with E-state index in [0.717, 1.165) is 19.2 Å². The van der Waals surface area contributed by atoms with Gasteiger partial charge in [-0.05, 0) is 32.4 Å². The first kappa shape index (κ1) is 18.7. The van der Waals surface area contributed by atoms with Crippen molar-refractivity contribution in [1.29, 1.82) is 0 Å². The third kappa shape index (κ3) is 5.39. The number of carboxylic acids is 1. The maximum atomic E-state index is 14.1. The van der Waals surface area contributed by atoms with Crippen molar-refractivity contribution in [3.05, 3.63) is 29.3 Å². The molecule has 23 heavy (non-hydrogen) atoms. The highest BCUT2D eigenvalue weighted by molar-refractivity contribution is 5.80. The summed E-state index contributed by atoms with van der Waals surface area (Å²) in [6, 6.07) is 0.623. The first-order valence-electron chi connectivity index (χ1n) is 6.78. The minimum absolute atomic E-state index is 0.105. The monoisotopic (exact) mass is 331 g/mol. The van der Waals surface area contributed by atoms with Crippen molar-refractivity contribution in [2.45, 2.75) is 38.8 Å². The lowest BCUT2D eigenvalue weighted by atomic mass is 10.0. The van der Waals surface area contributed by atoms with Gasteiger partial charge in [0.15, 0.2) is 17.4 Å². The topological polar surface area (TPSA) is 84.9 Å². The quantitative estimate of drug-likeness (QED) is 0.866. The van der Waals surface area contributed by atoms with Crippen LogP contribution in [0, 0.1) is 11.6 Å². The first-order valence-corrected chi connectivity index (χ1v) is 6.78. The van der Waals surface area contributed by atoms with E-state index in [4.69, 9.17) is 9.84 Å². The molecule has 0 heterocycles. The molecule has 0 aromatic heterocycles. The molecule has 1 unspecified atom stereocenters. The Morgan fingerprint density at radius 1 is 1.30 bits per heavy atom. The van der Waals surface area contributed by atoms with Gasteiger partial charge in [0.2, 0.25) is 0 Å². The molecule has 0 fully saturated rings. The molecule has 1 aromatic carbocycles. The highest BCUT2D eigenvalue weighted by atomic mass is 19.1. The van der Waals surface area contributed by atoms with Crippen molar-refractivity contribution in [3.63, 3.8) is 0 Å². The molecule has 0 saturated carbocycles. The Hall–Kier alpha value is -2.38. The van der Waals surface area contributed by atoms with E-state index < -0.39 is 47.5 Å². The van der Waals surface area contributed by atoms with Crippen LogP contribution in [-0.2, 0) is 16.0 Å². The third-order valence-electron chi connectivity index (χ3n) is 2.75. The molecule has 0 spiro atoms. The van der Waals surface area contributed by atoms with Gasteiger partial charge < -0.3 is 19.9 Å². The number of carboxylic acid groups (broad SMARTS) is 1. The maximum absolute atomic E-state index is 14.1. The Labute approximate surface area is 132 Å². The molecule has 1 aromatic rings. The number of rotatable bonds is 5. The number of amides is 1. The van der Waals surface area contributed by atoms with Gasteiger partial charge in [-0.3, -0.25) is 0 Å². The van der Waals surface area contributed by atoms with Crippen molar-refractivity contribution in [2.75, 3.05) is 7.11 Å². The second kappa shape index (κ2) is 7.26. The van der Waals surface area contributed by atoms with E-state index in [-0.39, 0.29) is 5.56 Å². The normalized spacial score (nSPS) is 12.4. The van der Waals surface area contributed by atoms with Crippen LogP contribution >= 0.6 is 0 Å². The van der Waals surface area contributed by atoms with Gasteiger partial charge in [-0.1, -0.05) is 6.07 Å². The second-order valence-corrected chi connectivity index (χ2v) is 5.79. The first-order chi connectivity index (χ1) is 10.5. The van der Waals surface area contributed by atoms with Crippen LogP contribution in [0.15, 0.2) is 12.1 Å². The maximum Gasteiger partial charge on any atom is 0.408 e. The number of methoxy groups -OCH3 is 1. The van der Waals surface area contributed by atoms with Gasteiger partial charge in [0.25, 0.3) is 0 Å². The van der Waals surface area contributed by atoms with Crippen LogP contribution in [0.3, 0.4) is 0 Å².